The van der Waals surface area contributed by atoms with E-state index < -0.39 is 5.97 Å². The number of hydrogen-bond donors (Lipinski definition) is 0. The summed E-state index contributed by atoms with van der Waals surface area (Å²) in [6.07, 6.45) is 1.71. The zero-order chi connectivity index (χ0) is 23.5. The number of hydrogen-bond acceptors (Lipinski definition) is 6. The molecule has 0 atom stereocenters. The number of benzene rings is 3. The summed E-state index contributed by atoms with van der Waals surface area (Å²) in [5, 5.41) is 0.597. The fourth-order valence-electron chi connectivity index (χ4n) is 3.09. The molecule has 166 valence electrons. The highest BCUT2D eigenvalue weighted by molar-refractivity contribution is 8.27. The van der Waals surface area contributed by atoms with Crippen molar-refractivity contribution in [3.05, 3.63) is 92.8 Å². The first-order valence-corrected chi connectivity index (χ1v) is 11.5. The van der Waals surface area contributed by atoms with Gasteiger partial charge in [0.1, 0.15) is 0 Å². The number of halogens is 2. The van der Waals surface area contributed by atoms with Gasteiger partial charge in [-0.05, 0) is 54.1 Å². The van der Waals surface area contributed by atoms with Gasteiger partial charge in [-0.1, -0.05) is 71.4 Å². The van der Waals surface area contributed by atoms with Crippen molar-refractivity contribution >= 4 is 75.1 Å². The molecular formula is C24H15Cl2NO4S2. The highest BCUT2D eigenvalue weighted by Gasteiger charge is 2.33. The van der Waals surface area contributed by atoms with Crippen molar-refractivity contribution in [3.63, 3.8) is 0 Å². The summed E-state index contributed by atoms with van der Waals surface area (Å²) >= 11 is 18.6. The topological polar surface area (TPSA) is 55.8 Å². The minimum Gasteiger partial charge on any atom is -0.493 e. The van der Waals surface area contributed by atoms with Crippen LogP contribution < -0.4 is 14.4 Å². The van der Waals surface area contributed by atoms with E-state index in [4.69, 9.17) is 44.9 Å². The van der Waals surface area contributed by atoms with Crippen LogP contribution in [0.5, 0.6) is 11.5 Å². The van der Waals surface area contributed by atoms with E-state index in [0.717, 1.165) is 0 Å². The van der Waals surface area contributed by atoms with E-state index in [0.29, 0.717) is 31.2 Å². The van der Waals surface area contributed by atoms with Crippen molar-refractivity contribution in [2.45, 2.75) is 0 Å². The number of para-hydroxylation sites is 1. The normalized spacial score (nSPS) is 14.6. The number of carbonyl (C=O) groups is 2. The molecule has 0 aromatic heterocycles. The molecule has 1 amide bonds. The average Bonchev–Trinajstić information content (AvgIpc) is 3.07. The molecule has 0 radical (unpaired) electrons. The minimum atomic E-state index is -0.647. The summed E-state index contributed by atoms with van der Waals surface area (Å²) in [6.45, 7) is 0. The number of rotatable bonds is 5. The molecule has 0 N–H and O–H groups in total. The minimum absolute atomic E-state index is 0.178. The van der Waals surface area contributed by atoms with Gasteiger partial charge in [0.05, 0.1) is 28.3 Å². The fraction of sp³-hybridized carbons (Fsp3) is 0.0417. The zero-order valence-electron chi connectivity index (χ0n) is 17.1. The van der Waals surface area contributed by atoms with Gasteiger partial charge < -0.3 is 9.47 Å². The van der Waals surface area contributed by atoms with Crippen molar-refractivity contribution < 1.29 is 19.1 Å². The molecule has 1 aliphatic rings. The standard InChI is InChI=1S/C24H15Cl2NO4S2/c1-30-20-11-14(7-10-19(20)31-23(29)17-9-8-15(25)13-18(17)26)12-21-22(28)27(24(32)33-21)16-5-3-2-4-6-16/h2-13H,1H3. The third-order valence-corrected chi connectivity index (χ3v) is 6.50. The summed E-state index contributed by atoms with van der Waals surface area (Å²) in [6, 6.07) is 18.7. The van der Waals surface area contributed by atoms with E-state index >= 15 is 0 Å². The van der Waals surface area contributed by atoms with E-state index in [-0.39, 0.29) is 22.2 Å². The molecule has 33 heavy (non-hydrogen) atoms. The summed E-state index contributed by atoms with van der Waals surface area (Å²) in [5.41, 5.74) is 1.57. The van der Waals surface area contributed by atoms with Crippen molar-refractivity contribution in [2.75, 3.05) is 12.0 Å². The highest BCUT2D eigenvalue weighted by atomic mass is 35.5. The Bertz CT molecular complexity index is 1290. The van der Waals surface area contributed by atoms with Gasteiger partial charge in [0.25, 0.3) is 5.91 Å². The maximum absolute atomic E-state index is 12.9. The smallest absolute Gasteiger partial charge is 0.345 e. The van der Waals surface area contributed by atoms with E-state index in [1.165, 1.54) is 35.9 Å². The number of carbonyl (C=O) groups excluding carboxylic acids is 2. The van der Waals surface area contributed by atoms with Gasteiger partial charge in [0, 0.05) is 5.02 Å². The molecule has 1 fully saturated rings. The lowest BCUT2D eigenvalue weighted by Gasteiger charge is -2.13. The third-order valence-electron chi connectivity index (χ3n) is 4.65. The Morgan fingerprint density at radius 2 is 1.79 bits per heavy atom. The van der Waals surface area contributed by atoms with Crippen LogP contribution in [0, 0.1) is 0 Å². The number of methoxy groups -OCH3 is 1. The van der Waals surface area contributed by atoms with E-state index in [1.807, 2.05) is 30.3 Å². The second kappa shape index (κ2) is 9.97. The molecular weight excluding hydrogens is 501 g/mol. The third kappa shape index (κ3) is 5.07. The Morgan fingerprint density at radius 3 is 2.48 bits per heavy atom. The van der Waals surface area contributed by atoms with Crippen LogP contribution in [-0.2, 0) is 4.79 Å². The van der Waals surface area contributed by atoms with Crippen LogP contribution in [0.4, 0.5) is 5.69 Å². The molecule has 3 aromatic carbocycles. The number of thiocarbonyl (C=S) groups is 1. The maximum atomic E-state index is 12.9. The van der Waals surface area contributed by atoms with Gasteiger partial charge in [0.15, 0.2) is 15.8 Å². The lowest BCUT2D eigenvalue weighted by Crippen LogP contribution is -2.27. The van der Waals surface area contributed by atoms with Gasteiger partial charge in [-0.25, -0.2) is 4.79 Å². The Balaban J connectivity index is 1.57. The molecule has 1 saturated heterocycles. The molecule has 0 bridgehead atoms. The van der Waals surface area contributed by atoms with Crippen LogP contribution in [0.1, 0.15) is 15.9 Å². The van der Waals surface area contributed by atoms with Crippen LogP contribution in [0.2, 0.25) is 10.0 Å². The molecule has 0 unspecified atom stereocenters. The zero-order valence-corrected chi connectivity index (χ0v) is 20.2. The quantitative estimate of drug-likeness (QED) is 0.164. The summed E-state index contributed by atoms with van der Waals surface area (Å²) in [4.78, 5) is 27.4. The Labute approximate surface area is 209 Å². The molecule has 5 nitrogen and oxygen atoms in total. The lowest BCUT2D eigenvalue weighted by atomic mass is 10.1. The Morgan fingerprint density at radius 1 is 1.03 bits per heavy atom. The SMILES string of the molecule is COc1cc(C=C2SC(=S)N(c3ccccc3)C2=O)ccc1OC(=O)c1ccc(Cl)cc1Cl. The highest BCUT2D eigenvalue weighted by Crippen LogP contribution is 2.37. The number of esters is 1. The largest absolute Gasteiger partial charge is 0.493 e. The Hall–Kier alpha value is -2.84. The second-order valence-corrected chi connectivity index (χ2v) is 9.30. The maximum Gasteiger partial charge on any atom is 0.345 e. The predicted octanol–water partition coefficient (Wildman–Crippen LogP) is 6.63. The number of nitrogens with zero attached hydrogens (tertiary/aromatic N) is 1. The van der Waals surface area contributed by atoms with Crippen LogP contribution in [0.25, 0.3) is 6.08 Å². The first-order valence-electron chi connectivity index (χ1n) is 9.55. The summed E-state index contributed by atoms with van der Waals surface area (Å²) in [5.74, 6) is -0.322. The molecule has 4 rings (SSSR count). The van der Waals surface area contributed by atoms with E-state index in [9.17, 15) is 9.59 Å². The molecule has 1 aliphatic heterocycles. The van der Waals surface area contributed by atoms with Crippen molar-refractivity contribution in [1.29, 1.82) is 0 Å². The number of ether oxygens (including phenoxy) is 2. The molecule has 0 saturated carbocycles. The predicted molar refractivity (Wildman–Crippen MR) is 137 cm³/mol. The fourth-order valence-corrected chi connectivity index (χ4v) is 4.87. The summed E-state index contributed by atoms with van der Waals surface area (Å²) in [7, 11) is 1.46. The monoisotopic (exact) mass is 515 g/mol. The molecule has 3 aromatic rings. The van der Waals surface area contributed by atoms with Gasteiger partial charge in [-0.3, -0.25) is 9.69 Å². The van der Waals surface area contributed by atoms with Gasteiger partial charge in [0.2, 0.25) is 0 Å². The van der Waals surface area contributed by atoms with E-state index in [2.05, 4.69) is 0 Å². The Kier molecular flexibility index (Phi) is 7.05. The van der Waals surface area contributed by atoms with Crippen LogP contribution >= 0.6 is 47.2 Å². The van der Waals surface area contributed by atoms with Gasteiger partial charge >= 0.3 is 5.97 Å². The van der Waals surface area contributed by atoms with Crippen LogP contribution in [0.15, 0.2) is 71.6 Å². The van der Waals surface area contributed by atoms with Crippen LogP contribution in [-0.4, -0.2) is 23.3 Å². The van der Waals surface area contributed by atoms with Crippen molar-refractivity contribution in [1.82, 2.24) is 0 Å². The average molecular weight is 516 g/mol. The van der Waals surface area contributed by atoms with Crippen LogP contribution in [0.3, 0.4) is 0 Å². The lowest BCUT2D eigenvalue weighted by molar-refractivity contribution is -0.113. The second-order valence-electron chi connectivity index (χ2n) is 6.78. The molecule has 9 heteroatoms. The van der Waals surface area contributed by atoms with Crippen molar-refractivity contribution in [2.24, 2.45) is 0 Å². The first kappa shape index (κ1) is 23.3. The first-order chi connectivity index (χ1) is 15.9. The molecule has 0 spiro atoms. The van der Waals surface area contributed by atoms with E-state index in [1.54, 1.807) is 30.3 Å². The molecule has 1 heterocycles. The number of anilines is 1. The van der Waals surface area contributed by atoms with Gasteiger partial charge in [-0.2, -0.15) is 0 Å². The number of amides is 1. The van der Waals surface area contributed by atoms with Crippen molar-refractivity contribution in [3.8, 4) is 11.5 Å². The number of thioether (sulfide) groups is 1. The van der Waals surface area contributed by atoms with Gasteiger partial charge in [-0.15, -0.1) is 0 Å². The summed E-state index contributed by atoms with van der Waals surface area (Å²) < 4.78 is 11.3. The molecule has 0 aliphatic carbocycles.